The molecule has 0 aromatic carbocycles. The second-order valence-electron chi connectivity index (χ2n) is 25.5. The Morgan fingerprint density at radius 1 is 0.330 bits per heavy atom. The van der Waals surface area contributed by atoms with Crippen LogP contribution in [0.3, 0.4) is 0 Å². The Morgan fingerprint density at radius 3 is 0.879 bits per heavy atom. The fourth-order valence-electron chi connectivity index (χ4n) is 10.0. The lowest BCUT2D eigenvalue weighted by Gasteiger charge is -2.25. The summed E-state index contributed by atoms with van der Waals surface area (Å²) in [4.78, 5) is 37.7. The van der Waals surface area contributed by atoms with Crippen LogP contribution < -0.4 is 0 Å². The van der Waals surface area contributed by atoms with E-state index in [9.17, 15) is 19.5 Å². The Bertz CT molecular complexity index is 2010. The quantitative estimate of drug-likeness (QED) is 0.0211. The van der Waals surface area contributed by atoms with E-state index in [0.717, 1.165) is 122 Å². The van der Waals surface area contributed by atoms with Crippen LogP contribution in [-0.4, -0.2) is 87.4 Å². The van der Waals surface area contributed by atoms with Gasteiger partial charge in [-0.05, 0) is 116 Å². The molecule has 91 heavy (non-hydrogen) atoms. The van der Waals surface area contributed by atoms with Gasteiger partial charge in [-0.3, -0.25) is 9.59 Å². The Hall–Kier alpha value is -4.83. The first kappa shape index (κ1) is 86.2. The second kappa shape index (κ2) is 71.0. The highest BCUT2D eigenvalue weighted by Crippen LogP contribution is 2.17. The van der Waals surface area contributed by atoms with Gasteiger partial charge in [-0.15, -0.1) is 0 Å². The van der Waals surface area contributed by atoms with Crippen molar-refractivity contribution in [3.63, 3.8) is 0 Å². The number of unbranched alkanes of at least 4 members (excludes halogenated alkanes) is 28. The molecule has 0 heterocycles. The minimum Gasteiger partial charge on any atom is -0.477 e. The monoisotopic (exact) mass is 1270 g/mol. The molecule has 9 heteroatoms. The number of carboxylic acids is 1. The third-order valence-corrected chi connectivity index (χ3v) is 15.6. The van der Waals surface area contributed by atoms with Gasteiger partial charge in [0, 0.05) is 12.8 Å². The first-order valence-corrected chi connectivity index (χ1v) is 37.0. The van der Waals surface area contributed by atoms with Crippen molar-refractivity contribution in [3.05, 3.63) is 146 Å². The zero-order valence-corrected chi connectivity index (χ0v) is 59.2. The van der Waals surface area contributed by atoms with Crippen LogP contribution in [0.25, 0.3) is 0 Å². The van der Waals surface area contributed by atoms with Crippen LogP contribution in [0.5, 0.6) is 0 Å². The molecule has 2 atom stereocenters. The predicted octanol–water partition coefficient (Wildman–Crippen LogP) is 23.5. The number of ether oxygens (including phenoxy) is 4. The third kappa shape index (κ3) is 72.5. The molecule has 0 aromatic rings. The van der Waals surface area contributed by atoms with Crippen molar-refractivity contribution in [2.45, 2.75) is 309 Å². The lowest BCUT2D eigenvalue weighted by atomic mass is 10.0. The van der Waals surface area contributed by atoms with E-state index in [0.29, 0.717) is 23.9 Å². The van der Waals surface area contributed by atoms with E-state index in [1.54, 1.807) is 0 Å². The van der Waals surface area contributed by atoms with Gasteiger partial charge >= 0.3 is 17.9 Å². The molecular weight excluding hydrogens is 1130 g/mol. The average molecular weight is 1270 g/mol. The molecule has 0 aromatic heterocycles. The minimum atomic E-state index is -1.52. The molecule has 518 valence electrons. The minimum absolute atomic E-state index is 0.180. The number of hydrogen-bond acceptors (Lipinski definition) is 7. The highest BCUT2D eigenvalue weighted by molar-refractivity contribution is 5.71. The van der Waals surface area contributed by atoms with Gasteiger partial charge in [-0.1, -0.05) is 314 Å². The maximum atomic E-state index is 13.0. The number of nitrogens with zero attached hydrogens (tertiary/aromatic N) is 1. The van der Waals surface area contributed by atoms with Crippen LogP contribution in [0.4, 0.5) is 0 Å². The summed E-state index contributed by atoms with van der Waals surface area (Å²) < 4.78 is 23.0. The molecule has 0 aliphatic heterocycles. The summed E-state index contributed by atoms with van der Waals surface area (Å²) in [7, 11) is 5.97. The van der Waals surface area contributed by atoms with Crippen LogP contribution in [0.2, 0.25) is 0 Å². The Kier molecular flexibility index (Phi) is 67.3. The molecule has 0 saturated carbocycles. The smallest absolute Gasteiger partial charge is 0.361 e. The van der Waals surface area contributed by atoms with E-state index in [2.05, 4.69) is 160 Å². The van der Waals surface area contributed by atoms with Crippen LogP contribution in [0.1, 0.15) is 296 Å². The summed E-state index contributed by atoms with van der Waals surface area (Å²) in [5, 5.41) is 9.76. The number of carbonyl (C=O) groups is 3. The van der Waals surface area contributed by atoms with Crippen molar-refractivity contribution in [1.82, 2.24) is 0 Å². The molecule has 0 radical (unpaired) electrons. The summed E-state index contributed by atoms with van der Waals surface area (Å²) in [5.74, 6) is -2.02. The van der Waals surface area contributed by atoms with Gasteiger partial charge in [-0.2, -0.15) is 0 Å². The lowest BCUT2D eigenvalue weighted by Crippen LogP contribution is -2.40. The van der Waals surface area contributed by atoms with Gasteiger partial charge < -0.3 is 28.5 Å². The van der Waals surface area contributed by atoms with Crippen molar-refractivity contribution < 1.29 is 42.9 Å². The zero-order chi connectivity index (χ0) is 66.1. The van der Waals surface area contributed by atoms with Crippen LogP contribution >= 0.6 is 0 Å². The molecule has 0 bridgehead atoms. The molecule has 0 spiro atoms. The summed E-state index contributed by atoms with van der Waals surface area (Å²) in [6.07, 6.45) is 101. The number of carboxylic acid groups (broad SMARTS) is 1. The van der Waals surface area contributed by atoms with Crippen molar-refractivity contribution in [3.8, 4) is 0 Å². The fraction of sp³-hybridized carbons (Fsp3) is 0.671. The standard InChI is InChI=1S/C82H137NO8/c1-6-8-10-12-14-16-18-20-22-24-26-28-30-32-34-36-38-40-42-44-46-48-50-52-54-56-58-60-62-64-66-68-70-72-79(84)89-76-78(77-90-82(81(86)87)88-75-74-83(3,4)5)91-80(85)73-71-69-67-65-63-61-59-57-55-53-51-49-47-45-43-41-39-37-35-33-31-29-27-25-23-21-19-17-15-13-11-9-7-2/h8-11,14-17,20-23,26-29,33,35,39,41,45,47,51,53,78,82H,6-7,12-13,18-19,24-25,30-32,34,36-38,40,42-44,46,48-50,52,54-77H2,1-5H3/p+1/b10-8-,11-9-,16-14-,17-15-,22-20-,23-21-,28-26-,29-27-,35-33-,41-39-,47-45-,53-51-. The average Bonchev–Trinajstić information content (AvgIpc) is 3.46. The van der Waals surface area contributed by atoms with Gasteiger partial charge in [-0.25, -0.2) is 4.79 Å². The Morgan fingerprint density at radius 2 is 0.593 bits per heavy atom. The Balaban J connectivity index is 4.13. The summed E-state index contributed by atoms with van der Waals surface area (Å²) in [6, 6.07) is 0. The van der Waals surface area contributed by atoms with Gasteiger partial charge in [0.2, 0.25) is 0 Å². The molecule has 2 unspecified atom stereocenters. The van der Waals surface area contributed by atoms with Crippen molar-refractivity contribution >= 4 is 17.9 Å². The Labute approximate surface area is 560 Å². The number of quaternary nitrogens is 1. The molecule has 0 aliphatic rings. The van der Waals surface area contributed by atoms with E-state index in [1.165, 1.54) is 141 Å². The van der Waals surface area contributed by atoms with E-state index in [-0.39, 0.29) is 32.2 Å². The van der Waals surface area contributed by atoms with E-state index >= 15 is 0 Å². The SMILES string of the molecule is CC/C=C\C/C=C\C/C=C\C/C=C\C/C=C\C/C=C\C/C=C\C/C=C\CCCCCCCCCCC(=O)OC(COC(=O)CCCCCCCCCCCCCCCCCCCCCC/C=C\C/C=C\C/C=C\C/C=C\CC)COC(OCC[N+](C)(C)C)C(=O)O. The molecule has 0 saturated heterocycles. The van der Waals surface area contributed by atoms with Crippen LogP contribution in [-0.2, 0) is 33.3 Å². The van der Waals surface area contributed by atoms with Gasteiger partial charge in [0.15, 0.2) is 6.10 Å². The predicted molar refractivity (Wildman–Crippen MR) is 391 cm³/mol. The number of hydrogen-bond donors (Lipinski definition) is 1. The number of carbonyl (C=O) groups excluding carboxylic acids is 2. The van der Waals surface area contributed by atoms with E-state index in [4.69, 9.17) is 18.9 Å². The van der Waals surface area contributed by atoms with Gasteiger partial charge in [0.05, 0.1) is 34.4 Å². The highest BCUT2D eigenvalue weighted by Gasteiger charge is 2.25. The molecule has 1 N–H and O–H groups in total. The van der Waals surface area contributed by atoms with Crippen molar-refractivity contribution in [1.29, 1.82) is 0 Å². The summed E-state index contributed by atoms with van der Waals surface area (Å²) in [5.41, 5.74) is 0. The van der Waals surface area contributed by atoms with Gasteiger partial charge in [0.1, 0.15) is 13.2 Å². The normalized spacial score (nSPS) is 13.5. The topological polar surface area (TPSA) is 108 Å². The van der Waals surface area contributed by atoms with Crippen LogP contribution in [0, 0.1) is 0 Å². The maximum absolute atomic E-state index is 13.0. The largest absolute Gasteiger partial charge is 0.477 e. The number of rotatable bonds is 67. The van der Waals surface area contributed by atoms with Crippen molar-refractivity contribution in [2.24, 2.45) is 0 Å². The summed E-state index contributed by atoms with van der Waals surface area (Å²) >= 11 is 0. The summed E-state index contributed by atoms with van der Waals surface area (Å²) in [6.45, 7) is 4.65. The van der Waals surface area contributed by atoms with E-state index in [1.807, 2.05) is 21.1 Å². The fourth-order valence-corrected chi connectivity index (χ4v) is 10.0. The third-order valence-electron chi connectivity index (χ3n) is 15.6. The van der Waals surface area contributed by atoms with Crippen molar-refractivity contribution in [2.75, 3.05) is 47.5 Å². The number of esters is 2. The van der Waals surface area contributed by atoms with E-state index < -0.39 is 24.3 Å². The molecule has 0 aliphatic carbocycles. The first-order chi connectivity index (χ1) is 44.6. The van der Waals surface area contributed by atoms with Gasteiger partial charge in [0.25, 0.3) is 6.29 Å². The number of aliphatic carboxylic acids is 1. The van der Waals surface area contributed by atoms with Crippen LogP contribution in [0.15, 0.2) is 146 Å². The number of likely N-dealkylation sites (N-methyl/N-ethyl adjacent to an activating group) is 1. The first-order valence-electron chi connectivity index (χ1n) is 37.0. The maximum Gasteiger partial charge on any atom is 0.361 e. The molecular formula is C82H138NO8+. The highest BCUT2D eigenvalue weighted by atomic mass is 16.7. The number of allylic oxidation sites excluding steroid dienone is 24. The molecule has 0 rings (SSSR count). The molecule has 0 amide bonds. The lowest BCUT2D eigenvalue weighted by molar-refractivity contribution is -0.870. The molecule has 0 fully saturated rings. The second-order valence-corrected chi connectivity index (χ2v) is 25.5. The molecule has 9 nitrogen and oxygen atoms in total. The zero-order valence-electron chi connectivity index (χ0n) is 59.2.